The smallest absolute Gasteiger partial charge is 0.0833 e. The number of oxime groups is 2. The zero-order valence-electron chi connectivity index (χ0n) is 8.22. The number of hydrogen-bond donors (Lipinski definition) is 2. The van der Waals surface area contributed by atoms with Gasteiger partial charge in [0.05, 0.1) is 12.4 Å². The van der Waals surface area contributed by atoms with Crippen LogP contribution in [0.5, 0.6) is 0 Å². The van der Waals surface area contributed by atoms with E-state index in [0.717, 1.165) is 9.75 Å². The molecule has 0 saturated heterocycles. The van der Waals surface area contributed by atoms with Gasteiger partial charge in [0.1, 0.15) is 0 Å². The normalized spacial score (nSPS) is 10.5. The highest BCUT2D eigenvalue weighted by Crippen LogP contribution is 2.04. The Hall–Kier alpha value is -1.66. The number of thiophene rings is 2. The van der Waals surface area contributed by atoms with Crippen LogP contribution in [0.4, 0.5) is 0 Å². The summed E-state index contributed by atoms with van der Waals surface area (Å²) in [6, 6.07) is 7.57. The first kappa shape index (κ1) is 12.4. The Kier molecular flexibility index (Phi) is 5.90. The van der Waals surface area contributed by atoms with Gasteiger partial charge in [-0.3, -0.25) is 0 Å². The topological polar surface area (TPSA) is 65.2 Å². The monoisotopic (exact) mass is 254 g/mol. The van der Waals surface area contributed by atoms with E-state index < -0.39 is 0 Å². The van der Waals surface area contributed by atoms with Crippen LogP contribution in [0.25, 0.3) is 0 Å². The average molecular weight is 254 g/mol. The molecule has 0 aliphatic heterocycles. The van der Waals surface area contributed by atoms with Gasteiger partial charge < -0.3 is 10.4 Å². The van der Waals surface area contributed by atoms with Gasteiger partial charge in [0, 0.05) is 9.75 Å². The summed E-state index contributed by atoms with van der Waals surface area (Å²) in [5.74, 6) is 0. The summed E-state index contributed by atoms with van der Waals surface area (Å²) >= 11 is 3.08. The Morgan fingerprint density at radius 2 is 1.31 bits per heavy atom. The van der Waals surface area contributed by atoms with Crippen LogP contribution in [-0.2, 0) is 0 Å². The molecule has 0 aromatic carbocycles. The maximum Gasteiger partial charge on any atom is 0.0833 e. The predicted molar refractivity (Wildman–Crippen MR) is 67.4 cm³/mol. The van der Waals surface area contributed by atoms with Gasteiger partial charge in [-0.15, -0.1) is 22.7 Å². The van der Waals surface area contributed by atoms with Crippen molar-refractivity contribution in [1.82, 2.24) is 0 Å². The molecule has 0 atom stereocenters. The fourth-order valence-corrected chi connectivity index (χ4v) is 2.00. The minimum atomic E-state index is 0.965. The second-order valence-electron chi connectivity index (χ2n) is 2.52. The maximum absolute atomic E-state index is 8.01. The van der Waals surface area contributed by atoms with Gasteiger partial charge in [0.15, 0.2) is 0 Å². The van der Waals surface area contributed by atoms with Crippen molar-refractivity contribution in [3.8, 4) is 0 Å². The molecular formula is C10H10N2O2S2. The first-order valence-electron chi connectivity index (χ1n) is 4.28. The molecule has 0 aliphatic carbocycles. The van der Waals surface area contributed by atoms with Gasteiger partial charge in [0.2, 0.25) is 0 Å². The Balaban J connectivity index is 0.000000160. The predicted octanol–water partition coefficient (Wildman–Crippen LogP) is 3.11. The third kappa shape index (κ3) is 4.72. The zero-order chi connectivity index (χ0) is 11.6. The van der Waals surface area contributed by atoms with Crippen molar-refractivity contribution in [3.05, 3.63) is 44.8 Å². The lowest BCUT2D eigenvalue weighted by molar-refractivity contribution is 0.321. The van der Waals surface area contributed by atoms with Crippen LogP contribution in [0.3, 0.4) is 0 Å². The van der Waals surface area contributed by atoms with Gasteiger partial charge >= 0.3 is 0 Å². The first-order valence-corrected chi connectivity index (χ1v) is 6.04. The largest absolute Gasteiger partial charge is 0.411 e. The summed E-state index contributed by atoms with van der Waals surface area (Å²) in [5, 5.41) is 25.6. The molecule has 2 N–H and O–H groups in total. The minimum absolute atomic E-state index is 0.965. The first-order chi connectivity index (χ1) is 7.86. The quantitative estimate of drug-likeness (QED) is 0.491. The highest BCUT2D eigenvalue weighted by atomic mass is 32.1. The van der Waals surface area contributed by atoms with Crippen molar-refractivity contribution in [1.29, 1.82) is 0 Å². The van der Waals surface area contributed by atoms with E-state index in [4.69, 9.17) is 10.4 Å². The summed E-state index contributed by atoms with van der Waals surface area (Å²) in [7, 11) is 0. The number of nitrogens with zero attached hydrogens (tertiary/aromatic N) is 2. The molecule has 2 rings (SSSR count). The van der Waals surface area contributed by atoms with Crippen LogP contribution in [0.15, 0.2) is 45.3 Å². The van der Waals surface area contributed by atoms with Crippen molar-refractivity contribution >= 4 is 35.1 Å². The fourth-order valence-electron chi connectivity index (χ4n) is 0.843. The average Bonchev–Trinajstić information content (AvgIpc) is 2.92. The molecule has 6 heteroatoms. The van der Waals surface area contributed by atoms with E-state index in [1.54, 1.807) is 0 Å². The molecule has 0 unspecified atom stereocenters. The van der Waals surface area contributed by atoms with Crippen molar-refractivity contribution < 1.29 is 10.4 Å². The lowest BCUT2D eigenvalue weighted by Gasteiger charge is -1.73. The van der Waals surface area contributed by atoms with Gasteiger partial charge in [0.25, 0.3) is 0 Å². The second-order valence-corrected chi connectivity index (χ2v) is 4.48. The molecule has 84 valence electrons. The standard InChI is InChI=1S/2C5H5NOS/c2*7-6-4-5-2-1-3-8-5/h2*1-4,7H/b2*6-4-. The molecule has 4 nitrogen and oxygen atoms in total. The van der Waals surface area contributed by atoms with E-state index in [0.29, 0.717) is 0 Å². The summed E-state index contributed by atoms with van der Waals surface area (Å²) in [5.41, 5.74) is 0. The fraction of sp³-hybridized carbons (Fsp3) is 0. The van der Waals surface area contributed by atoms with E-state index in [-0.39, 0.29) is 0 Å². The molecule has 0 spiro atoms. The molecule has 16 heavy (non-hydrogen) atoms. The van der Waals surface area contributed by atoms with Crippen molar-refractivity contribution in [2.75, 3.05) is 0 Å². The third-order valence-corrected chi connectivity index (χ3v) is 3.07. The highest BCUT2D eigenvalue weighted by Gasteiger charge is 1.83. The summed E-state index contributed by atoms with van der Waals surface area (Å²) < 4.78 is 0. The Bertz CT molecular complexity index is 379. The van der Waals surface area contributed by atoms with E-state index in [1.165, 1.54) is 35.1 Å². The Morgan fingerprint density at radius 1 is 0.875 bits per heavy atom. The van der Waals surface area contributed by atoms with Crippen molar-refractivity contribution in [2.45, 2.75) is 0 Å². The molecule has 2 aromatic heterocycles. The molecule has 0 radical (unpaired) electrons. The lowest BCUT2D eigenvalue weighted by Crippen LogP contribution is -1.67. The Labute approximate surface area is 101 Å². The molecule has 2 aromatic rings. The van der Waals surface area contributed by atoms with Crippen LogP contribution < -0.4 is 0 Å². The van der Waals surface area contributed by atoms with Gasteiger partial charge in [-0.2, -0.15) is 0 Å². The van der Waals surface area contributed by atoms with Gasteiger partial charge in [-0.1, -0.05) is 22.4 Å². The van der Waals surface area contributed by atoms with E-state index >= 15 is 0 Å². The van der Waals surface area contributed by atoms with Crippen molar-refractivity contribution in [2.24, 2.45) is 10.3 Å². The maximum atomic E-state index is 8.01. The van der Waals surface area contributed by atoms with E-state index in [2.05, 4.69) is 10.3 Å². The molecule has 0 aliphatic rings. The van der Waals surface area contributed by atoms with Crippen LogP contribution in [0, 0.1) is 0 Å². The van der Waals surface area contributed by atoms with Gasteiger partial charge in [-0.05, 0) is 22.9 Å². The SMILES string of the molecule is O/N=C\c1cccs1.O/N=C\c1cccs1. The Morgan fingerprint density at radius 3 is 1.56 bits per heavy atom. The van der Waals surface area contributed by atoms with Crippen LogP contribution >= 0.6 is 22.7 Å². The summed E-state index contributed by atoms with van der Waals surface area (Å²) in [4.78, 5) is 1.93. The molecule has 0 saturated carbocycles. The summed E-state index contributed by atoms with van der Waals surface area (Å²) in [6.07, 6.45) is 2.81. The third-order valence-electron chi connectivity index (χ3n) is 1.46. The number of rotatable bonds is 2. The van der Waals surface area contributed by atoms with E-state index in [1.807, 2.05) is 35.0 Å². The molecule has 2 heterocycles. The highest BCUT2D eigenvalue weighted by molar-refractivity contribution is 7.12. The van der Waals surface area contributed by atoms with E-state index in [9.17, 15) is 0 Å². The van der Waals surface area contributed by atoms with Gasteiger partial charge in [-0.25, -0.2) is 0 Å². The second kappa shape index (κ2) is 7.61. The number of hydrogen-bond acceptors (Lipinski definition) is 6. The molecular weight excluding hydrogens is 244 g/mol. The van der Waals surface area contributed by atoms with Crippen LogP contribution in [0.2, 0.25) is 0 Å². The molecule has 0 amide bonds. The molecule has 0 fully saturated rings. The van der Waals surface area contributed by atoms with Crippen LogP contribution in [0.1, 0.15) is 9.75 Å². The van der Waals surface area contributed by atoms with Crippen molar-refractivity contribution in [3.63, 3.8) is 0 Å². The minimum Gasteiger partial charge on any atom is -0.411 e. The molecule has 0 bridgehead atoms. The lowest BCUT2D eigenvalue weighted by atomic mass is 10.5. The zero-order valence-corrected chi connectivity index (χ0v) is 9.86. The summed E-state index contributed by atoms with van der Waals surface area (Å²) in [6.45, 7) is 0. The van der Waals surface area contributed by atoms with Crippen LogP contribution in [-0.4, -0.2) is 22.8 Å².